The van der Waals surface area contributed by atoms with Gasteiger partial charge in [0.15, 0.2) is 0 Å². The zero-order chi connectivity index (χ0) is 13.0. The molecule has 3 N–H and O–H groups in total. The number of nitrogens with zero attached hydrogens (tertiary/aromatic N) is 1. The van der Waals surface area contributed by atoms with Crippen LogP contribution in [-0.2, 0) is 0 Å². The SMILES string of the molecule is Cc1cccnc1NC(=O)Nc1cccc(O)c1. The van der Waals surface area contributed by atoms with Crippen LogP contribution in [0.3, 0.4) is 0 Å². The van der Waals surface area contributed by atoms with Gasteiger partial charge >= 0.3 is 6.03 Å². The van der Waals surface area contributed by atoms with Crippen molar-refractivity contribution in [2.75, 3.05) is 10.6 Å². The van der Waals surface area contributed by atoms with E-state index >= 15 is 0 Å². The number of pyridine rings is 1. The van der Waals surface area contributed by atoms with Crippen LogP contribution >= 0.6 is 0 Å². The van der Waals surface area contributed by atoms with E-state index in [9.17, 15) is 9.90 Å². The number of phenolic OH excluding ortho intramolecular Hbond substituents is 1. The fourth-order valence-electron chi connectivity index (χ4n) is 1.47. The van der Waals surface area contributed by atoms with Gasteiger partial charge < -0.3 is 10.4 Å². The second-order valence-corrected chi connectivity index (χ2v) is 3.80. The second kappa shape index (κ2) is 5.18. The standard InChI is InChI=1S/C13H13N3O2/c1-9-4-3-7-14-12(9)16-13(18)15-10-5-2-6-11(17)8-10/h2-8,17H,1H3,(H2,14,15,16,18). The number of aromatic nitrogens is 1. The molecule has 2 rings (SSSR count). The van der Waals surface area contributed by atoms with Gasteiger partial charge in [-0.2, -0.15) is 0 Å². The number of nitrogens with one attached hydrogen (secondary N) is 2. The Morgan fingerprint density at radius 1 is 1.22 bits per heavy atom. The highest BCUT2D eigenvalue weighted by atomic mass is 16.3. The summed E-state index contributed by atoms with van der Waals surface area (Å²) in [6.07, 6.45) is 1.61. The first-order chi connectivity index (χ1) is 8.65. The molecular weight excluding hydrogens is 230 g/mol. The summed E-state index contributed by atoms with van der Waals surface area (Å²) in [5, 5.41) is 14.5. The van der Waals surface area contributed by atoms with E-state index in [-0.39, 0.29) is 5.75 Å². The van der Waals surface area contributed by atoms with Crippen molar-refractivity contribution in [3.05, 3.63) is 48.2 Å². The average Bonchev–Trinajstić information content (AvgIpc) is 2.32. The van der Waals surface area contributed by atoms with Crippen molar-refractivity contribution >= 4 is 17.5 Å². The molecule has 5 heteroatoms. The van der Waals surface area contributed by atoms with E-state index in [2.05, 4.69) is 15.6 Å². The van der Waals surface area contributed by atoms with Crippen molar-refractivity contribution in [3.63, 3.8) is 0 Å². The number of aryl methyl sites for hydroxylation is 1. The summed E-state index contributed by atoms with van der Waals surface area (Å²) >= 11 is 0. The van der Waals surface area contributed by atoms with Crippen LogP contribution in [0.25, 0.3) is 0 Å². The van der Waals surface area contributed by atoms with Gasteiger partial charge in [-0.25, -0.2) is 9.78 Å². The first-order valence-corrected chi connectivity index (χ1v) is 5.44. The molecule has 2 amide bonds. The maximum Gasteiger partial charge on any atom is 0.324 e. The van der Waals surface area contributed by atoms with Crippen LogP contribution in [0.5, 0.6) is 5.75 Å². The number of urea groups is 1. The van der Waals surface area contributed by atoms with Gasteiger partial charge in [-0.1, -0.05) is 12.1 Å². The minimum Gasteiger partial charge on any atom is -0.508 e. The topological polar surface area (TPSA) is 74.2 Å². The van der Waals surface area contributed by atoms with Crippen LogP contribution in [0.2, 0.25) is 0 Å². The lowest BCUT2D eigenvalue weighted by molar-refractivity contribution is 0.262. The minimum absolute atomic E-state index is 0.0989. The molecule has 18 heavy (non-hydrogen) atoms. The largest absolute Gasteiger partial charge is 0.508 e. The third kappa shape index (κ3) is 2.98. The summed E-state index contributed by atoms with van der Waals surface area (Å²) in [6, 6.07) is 9.59. The van der Waals surface area contributed by atoms with Crippen LogP contribution < -0.4 is 10.6 Å². The van der Waals surface area contributed by atoms with E-state index in [0.717, 1.165) is 5.56 Å². The highest BCUT2D eigenvalue weighted by Gasteiger charge is 2.05. The van der Waals surface area contributed by atoms with Gasteiger partial charge in [-0.05, 0) is 30.7 Å². The lowest BCUT2D eigenvalue weighted by Crippen LogP contribution is -2.20. The Labute approximate surface area is 104 Å². The summed E-state index contributed by atoms with van der Waals surface area (Å²) < 4.78 is 0. The first kappa shape index (κ1) is 11.9. The van der Waals surface area contributed by atoms with Gasteiger partial charge in [-0.15, -0.1) is 0 Å². The van der Waals surface area contributed by atoms with E-state index in [1.54, 1.807) is 24.4 Å². The molecule has 1 aromatic heterocycles. The zero-order valence-electron chi connectivity index (χ0n) is 9.84. The van der Waals surface area contributed by atoms with E-state index < -0.39 is 6.03 Å². The fourth-order valence-corrected chi connectivity index (χ4v) is 1.47. The summed E-state index contributed by atoms with van der Waals surface area (Å²) in [6.45, 7) is 1.86. The summed E-state index contributed by atoms with van der Waals surface area (Å²) in [5.74, 6) is 0.608. The normalized spacial score (nSPS) is 9.83. The number of hydrogen-bond donors (Lipinski definition) is 3. The number of hydrogen-bond acceptors (Lipinski definition) is 3. The molecule has 0 atom stereocenters. The van der Waals surface area contributed by atoms with Gasteiger partial charge in [-0.3, -0.25) is 5.32 Å². The number of carbonyl (C=O) groups excluding carboxylic acids is 1. The molecule has 0 aliphatic heterocycles. The quantitative estimate of drug-likeness (QED) is 0.759. The number of amides is 2. The second-order valence-electron chi connectivity index (χ2n) is 3.80. The van der Waals surface area contributed by atoms with Crippen LogP contribution in [0, 0.1) is 6.92 Å². The van der Waals surface area contributed by atoms with Crippen LogP contribution in [0.1, 0.15) is 5.56 Å². The third-order valence-electron chi connectivity index (χ3n) is 2.35. The smallest absolute Gasteiger partial charge is 0.324 e. The number of aromatic hydroxyl groups is 1. The molecule has 0 saturated carbocycles. The van der Waals surface area contributed by atoms with Crippen LogP contribution in [-0.4, -0.2) is 16.1 Å². The van der Waals surface area contributed by atoms with Crippen molar-refractivity contribution in [1.82, 2.24) is 4.98 Å². The fraction of sp³-hybridized carbons (Fsp3) is 0.0769. The lowest BCUT2D eigenvalue weighted by atomic mass is 10.3. The minimum atomic E-state index is -0.401. The van der Waals surface area contributed by atoms with Crippen molar-refractivity contribution in [2.24, 2.45) is 0 Å². The molecule has 0 aliphatic carbocycles. The molecular formula is C13H13N3O2. The van der Waals surface area contributed by atoms with Gasteiger partial charge in [0.25, 0.3) is 0 Å². The Morgan fingerprint density at radius 2 is 2.06 bits per heavy atom. The number of anilines is 2. The highest BCUT2D eigenvalue weighted by Crippen LogP contribution is 2.16. The highest BCUT2D eigenvalue weighted by molar-refractivity contribution is 5.99. The molecule has 0 bridgehead atoms. The Hall–Kier alpha value is -2.56. The van der Waals surface area contributed by atoms with Gasteiger partial charge in [0.1, 0.15) is 11.6 Å². The molecule has 1 heterocycles. The monoisotopic (exact) mass is 243 g/mol. The van der Waals surface area contributed by atoms with E-state index in [1.165, 1.54) is 12.1 Å². The number of carbonyl (C=O) groups is 1. The Morgan fingerprint density at radius 3 is 2.78 bits per heavy atom. The maximum absolute atomic E-state index is 11.7. The van der Waals surface area contributed by atoms with Crippen molar-refractivity contribution in [1.29, 1.82) is 0 Å². The number of benzene rings is 1. The lowest BCUT2D eigenvalue weighted by Gasteiger charge is -2.08. The first-order valence-electron chi connectivity index (χ1n) is 5.44. The van der Waals surface area contributed by atoms with Gasteiger partial charge in [0.05, 0.1) is 0 Å². The molecule has 0 aliphatic rings. The molecule has 0 saturated heterocycles. The van der Waals surface area contributed by atoms with Gasteiger partial charge in [0, 0.05) is 18.0 Å². The predicted molar refractivity (Wildman–Crippen MR) is 69.7 cm³/mol. The summed E-state index contributed by atoms with van der Waals surface area (Å²) in [4.78, 5) is 15.8. The molecule has 0 fully saturated rings. The van der Waals surface area contributed by atoms with E-state index in [4.69, 9.17) is 0 Å². The molecule has 0 spiro atoms. The third-order valence-corrected chi connectivity index (χ3v) is 2.35. The summed E-state index contributed by atoms with van der Waals surface area (Å²) in [5.41, 5.74) is 1.39. The Bertz CT molecular complexity index is 570. The molecule has 5 nitrogen and oxygen atoms in total. The summed E-state index contributed by atoms with van der Waals surface area (Å²) in [7, 11) is 0. The van der Waals surface area contributed by atoms with Crippen LogP contribution in [0.4, 0.5) is 16.3 Å². The molecule has 2 aromatic rings. The van der Waals surface area contributed by atoms with Crippen molar-refractivity contribution in [2.45, 2.75) is 6.92 Å². The number of rotatable bonds is 2. The molecule has 1 aromatic carbocycles. The Kier molecular flexibility index (Phi) is 3.43. The zero-order valence-corrected chi connectivity index (χ0v) is 9.84. The predicted octanol–water partition coefficient (Wildman–Crippen LogP) is 2.74. The average molecular weight is 243 g/mol. The molecule has 0 radical (unpaired) electrons. The van der Waals surface area contributed by atoms with Crippen LogP contribution in [0.15, 0.2) is 42.6 Å². The molecule has 92 valence electrons. The Balaban J connectivity index is 2.03. The molecule has 0 unspecified atom stereocenters. The van der Waals surface area contributed by atoms with E-state index in [0.29, 0.717) is 11.5 Å². The van der Waals surface area contributed by atoms with Crippen molar-refractivity contribution < 1.29 is 9.90 Å². The maximum atomic E-state index is 11.7. The van der Waals surface area contributed by atoms with Gasteiger partial charge in [0.2, 0.25) is 0 Å². The number of phenols is 1. The van der Waals surface area contributed by atoms with Crippen molar-refractivity contribution in [3.8, 4) is 5.75 Å². The van der Waals surface area contributed by atoms with E-state index in [1.807, 2.05) is 13.0 Å².